The molecule has 2 aromatic rings. The third-order valence-electron chi connectivity index (χ3n) is 2.61. The lowest BCUT2D eigenvalue weighted by Crippen LogP contribution is -2.11. The van der Waals surface area contributed by atoms with Crippen LogP contribution in [0.25, 0.3) is 10.9 Å². The molecule has 0 unspecified atom stereocenters. The largest absolute Gasteiger partial charge is 0.350 e. The van der Waals surface area contributed by atoms with Crippen LogP contribution in [0.4, 0.5) is 4.39 Å². The lowest BCUT2D eigenvalue weighted by molar-refractivity contribution is 0.637. The number of nitrogens with zero attached hydrogens (tertiary/aromatic N) is 1. The summed E-state index contributed by atoms with van der Waals surface area (Å²) in [6.07, 6.45) is 1.98. The monoisotopic (exact) mass is 206 g/mol. The van der Waals surface area contributed by atoms with Gasteiger partial charge in [-0.1, -0.05) is 13.0 Å². The van der Waals surface area contributed by atoms with Crippen molar-refractivity contribution >= 4 is 10.9 Å². The SMILES string of the molecule is CCNCc1cn(C)c2cccc(F)c12. The van der Waals surface area contributed by atoms with Crippen LogP contribution in [0.3, 0.4) is 0 Å². The summed E-state index contributed by atoms with van der Waals surface area (Å²) in [7, 11) is 1.94. The Balaban J connectivity index is 2.54. The van der Waals surface area contributed by atoms with Crippen molar-refractivity contribution in [3.05, 3.63) is 35.8 Å². The van der Waals surface area contributed by atoms with Gasteiger partial charge < -0.3 is 9.88 Å². The van der Waals surface area contributed by atoms with Gasteiger partial charge in [0.25, 0.3) is 0 Å². The Labute approximate surface area is 88.7 Å². The molecule has 1 aromatic carbocycles. The Morgan fingerprint density at radius 2 is 2.20 bits per heavy atom. The first kappa shape index (κ1) is 10.2. The van der Waals surface area contributed by atoms with Crippen LogP contribution in [-0.2, 0) is 13.6 Å². The van der Waals surface area contributed by atoms with Crippen molar-refractivity contribution in [3.63, 3.8) is 0 Å². The van der Waals surface area contributed by atoms with E-state index in [1.54, 1.807) is 6.07 Å². The lowest BCUT2D eigenvalue weighted by atomic mass is 10.1. The molecular weight excluding hydrogens is 191 g/mol. The molecule has 0 aliphatic heterocycles. The molecule has 1 heterocycles. The predicted molar refractivity (Wildman–Crippen MR) is 60.3 cm³/mol. The molecule has 2 nitrogen and oxygen atoms in total. The summed E-state index contributed by atoms with van der Waals surface area (Å²) in [5.74, 6) is -0.138. The van der Waals surface area contributed by atoms with Gasteiger partial charge in [-0.3, -0.25) is 0 Å². The Kier molecular flexibility index (Phi) is 2.73. The van der Waals surface area contributed by atoms with Gasteiger partial charge in [-0.2, -0.15) is 0 Å². The molecule has 0 bridgehead atoms. The van der Waals surface area contributed by atoms with Crippen molar-refractivity contribution < 1.29 is 4.39 Å². The fraction of sp³-hybridized carbons (Fsp3) is 0.333. The molecule has 80 valence electrons. The zero-order valence-corrected chi connectivity index (χ0v) is 9.05. The minimum absolute atomic E-state index is 0.138. The standard InChI is InChI=1S/C12H15FN2/c1-3-14-7-9-8-15(2)11-6-4-5-10(13)12(9)11/h4-6,8,14H,3,7H2,1-2H3. The van der Waals surface area contributed by atoms with Crippen LogP contribution in [0.15, 0.2) is 24.4 Å². The summed E-state index contributed by atoms with van der Waals surface area (Å²) in [4.78, 5) is 0. The number of hydrogen-bond acceptors (Lipinski definition) is 1. The van der Waals surface area contributed by atoms with E-state index >= 15 is 0 Å². The molecule has 0 aliphatic carbocycles. The molecule has 0 radical (unpaired) electrons. The lowest BCUT2D eigenvalue weighted by Gasteiger charge is -2.00. The van der Waals surface area contributed by atoms with E-state index in [0.29, 0.717) is 0 Å². The van der Waals surface area contributed by atoms with E-state index in [1.165, 1.54) is 6.07 Å². The Morgan fingerprint density at radius 1 is 1.40 bits per heavy atom. The Hall–Kier alpha value is -1.35. The topological polar surface area (TPSA) is 17.0 Å². The Morgan fingerprint density at radius 3 is 2.93 bits per heavy atom. The number of aryl methyl sites for hydroxylation is 1. The highest BCUT2D eigenvalue weighted by molar-refractivity contribution is 5.84. The van der Waals surface area contributed by atoms with Crippen molar-refractivity contribution in [2.45, 2.75) is 13.5 Å². The fourth-order valence-electron chi connectivity index (χ4n) is 1.89. The van der Waals surface area contributed by atoms with Gasteiger partial charge in [0.05, 0.1) is 5.52 Å². The molecular formula is C12H15FN2. The third-order valence-corrected chi connectivity index (χ3v) is 2.61. The highest BCUT2D eigenvalue weighted by Crippen LogP contribution is 2.23. The quantitative estimate of drug-likeness (QED) is 0.816. The van der Waals surface area contributed by atoms with Crippen LogP contribution < -0.4 is 5.32 Å². The molecule has 0 amide bonds. The smallest absolute Gasteiger partial charge is 0.132 e. The van der Waals surface area contributed by atoms with Crippen LogP contribution in [-0.4, -0.2) is 11.1 Å². The van der Waals surface area contributed by atoms with E-state index in [9.17, 15) is 4.39 Å². The van der Waals surface area contributed by atoms with E-state index < -0.39 is 0 Å². The van der Waals surface area contributed by atoms with Crippen LogP contribution in [0.1, 0.15) is 12.5 Å². The van der Waals surface area contributed by atoms with Gasteiger partial charge >= 0.3 is 0 Å². The normalized spacial score (nSPS) is 11.1. The van der Waals surface area contributed by atoms with E-state index in [4.69, 9.17) is 0 Å². The molecule has 3 heteroatoms. The Bertz CT molecular complexity index is 474. The number of benzene rings is 1. The summed E-state index contributed by atoms with van der Waals surface area (Å²) in [6.45, 7) is 3.65. The van der Waals surface area contributed by atoms with Gasteiger partial charge in [-0.05, 0) is 24.2 Å². The van der Waals surface area contributed by atoms with Crippen LogP contribution in [0, 0.1) is 5.82 Å². The molecule has 2 rings (SSSR count). The summed E-state index contributed by atoms with van der Waals surface area (Å²) >= 11 is 0. The van der Waals surface area contributed by atoms with E-state index in [2.05, 4.69) is 5.32 Å². The second-order valence-electron chi connectivity index (χ2n) is 3.68. The van der Waals surface area contributed by atoms with Crippen molar-refractivity contribution in [2.24, 2.45) is 7.05 Å². The highest BCUT2D eigenvalue weighted by Gasteiger charge is 2.09. The molecule has 15 heavy (non-hydrogen) atoms. The molecule has 0 atom stereocenters. The van der Waals surface area contributed by atoms with E-state index in [0.717, 1.165) is 29.6 Å². The summed E-state index contributed by atoms with van der Waals surface area (Å²) in [5.41, 5.74) is 1.97. The van der Waals surface area contributed by atoms with Crippen LogP contribution in [0.5, 0.6) is 0 Å². The maximum atomic E-state index is 13.6. The minimum atomic E-state index is -0.138. The van der Waals surface area contributed by atoms with Gasteiger partial charge in [0, 0.05) is 25.2 Å². The van der Waals surface area contributed by atoms with Crippen molar-refractivity contribution in [1.29, 1.82) is 0 Å². The van der Waals surface area contributed by atoms with Gasteiger partial charge in [-0.25, -0.2) is 4.39 Å². The second-order valence-corrected chi connectivity index (χ2v) is 3.68. The molecule has 0 aliphatic rings. The number of rotatable bonds is 3. The maximum absolute atomic E-state index is 13.6. The fourth-order valence-corrected chi connectivity index (χ4v) is 1.89. The zero-order chi connectivity index (χ0) is 10.8. The first-order chi connectivity index (χ1) is 7.24. The zero-order valence-electron chi connectivity index (χ0n) is 9.05. The van der Waals surface area contributed by atoms with Crippen LogP contribution in [0.2, 0.25) is 0 Å². The van der Waals surface area contributed by atoms with Crippen LogP contribution >= 0.6 is 0 Å². The first-order valence-corrected chi connectivity index (χ1v) is 5.17. The highest BCUT2D eigenvalue weighted by atomic mass is 19.1. The van der Waals surface area contributed by atoms with Gasteiger partial charge in [0.1, 0.15) is 5.82 Å². The van der Waals surface area contributed by atoms with E-state index in [-0.39, 0.29) is 5.82 Å². The number of fused-ring (bicyclic) bond motifs is 1. The molecule has 0 saturated heterocycles. The summed E-state index contributed by atoms with van der Waals surface area (Å²) in [5, 5.41) is 3.95. The van der Waals surface area contributed by atoms with E-state index in [1.807, 2.05) is 30.8 Å². The average molecular weight is 206 g/mol. The molecule has 0 spiro atoms. The number of aromatic nitrogens is 1. The van der Waals surface area contributed by atoms with Gasteiger partial charge in [-0.15, -0.1) is 0 Å². The van der Waals surface area contributed by atoms with Gasteiger partial charge in [0.15, 0.2) is 0 Å². The summed E-state index contributed by atoms with van der Waals surface area (Å²) in [6, 6.07) is 5.19. The van der Waals surface area contributed by atoms with Gasteiger partial charge in [0.2, 0.25) is 0 Å². The predicted octanol–water partition coefficient (Wildman–Crippen LogP) is 2.43. The molecule has 1 aromatic heterocycles. The molecule has 0 fully saturated rings. The maximum Gasteiger partial charge on any atom is 0.132 e. The average Bonchev–Trinajstić information content (AvgIpc) is 2.55. The van der Waals surface area contributed by atoms with Crippen molar-refractivity contribution in [2.75, 3.05) is 6.54 Å². The molecule has 0 saturated carbocycles. The first-order valence-electron chi connectivity index (χ1n) is 5.17. The third kappa shape index (κ3) is 1.75. The van der Waals surface area contributed by atoms with Crippen molar-refractivity contribution in [3.8, 4) is 0 Å². The molecule has 1 N–H and O–H groups in total. The second kappa shape index (κ2) is 4.03. The van der Waals surface area contributed by atoms with Crippen molar-refractivity contribution in [1.82, 2.24) is 9.88 Å². The summed E-state index contributed by atoms with van der Waals surface area (Å²) < 4.78 is 15.6. The minimum Gasteiger partial charge on any atom is -0.350 e. The number of halogens is 1. The number of nitrogens with one attached hydrogen (secondary N) is 1. The number of hydrogen-bond donors (Lipinski definition) is 1.